The Balaban J connectivity index is 1.47. The van der Waals surface area contributed by atoms with Gasteiger partial charge < -0.3 is 4.74 Å². The number of esters is 1. The molecule has 0 aromatic heterocycles. The lowest BCUT2D eigenvalue weighted by atomic mass is 9.44. The molecule has 4 rings (SSSR count). The van der Waals surface area contributed by atoms with E-state index in [0.29, 0.717) is 16.7 Å². The van der Waals surface area contributed by atoms with E-state index in [1.165, 1.54) is 70.6 Å². The Morgan fingerprint density at radius 1 is 0.871 bits per heavy atom. The van der Waals surface area contributed by atoms with Crippen LogP contribution >= 0.6 is 0 Å². The highest BCUT2D eigenvalue weighted by molar-refractivity contribution is 5.66. The molecule has 0 heterocycles. The predicted octanol–water partition coefficient (Wildman–Crippen LogP) is 8.04. The minimum atomic E-state index is -0.0716. The third-order valence-electron chi connectivity index (χ3n) is 11.1. The molecule has 0 bridgehead atoms. The number of carbonyl (C=O) groups is 1. The summed E-state index contributed by atoms with van der Waals surface area (Å²) in [6.45, 7) is 14.2. The van der Waals surface area contributed by atoms with Crippen molar-refractivity contribution in [3.05, 3.63) is 0 Å². The van der Waals surface area contributed by atoms with E-state index < -0.39 is 0 Å². The number of ether oxygens (including phenoxy) is 1. The lowest BCUT2D eigenvalue weighted by Gasteiger charge is -2.61. The summed E-state index contributed by atoms with van der Waals surface area (Å²) >= 11 is 0. The van der Waals surface area contributed by atoms with E-state index in [4.69, 9.17) is 4.74 Å². The molecule has 9 atom stereocenters. The van der Waals surface area contributed by atoms with Crippen LogP contribution in [0.5, 0.6) is 0 Å². The van der Waals surface area contributed by atoms with Gasteiger partial charge in [0.05, 0.1) is 0 Å². The third kappa shape index (κ3) is 4.23. The molecule has 2 heteroatoms. The number of rotatable bonds is 6. The van der Waals surface area contributed by atoms with Crippen LogP contribution in [-0.2, 0) is 9.53 Å². The Morgan fingerprint density at radius 3 is 2.29 bits per heavy atom. The van der Waals surface area contributed by atoms with Crippen LogP contribution in [0.1, 0.15) is 119 Å². The smallest absolute Gasteiger partial charge is 0.302 e. The fourth-order valence-corrected chi connectivity index (χ4v) is 9.73. The van der Waals surface area contributed by atoms with Crippen LogP contribution in [0.15, 0.2) is 0 Å². The van der Waals surface area contributed by atoms with Gasteiger partial charge in [-0.05, 0) is 104 Å². The van der Waals surface area contributed by atoms with Crippen molar-refractivity contribution in [2.24, 2.45) is 52.3 Å². The molecular formula is C29H50O2. The van der Waals surface area contributed by atoms with Crippen LogP contribution in [0.4, 0.5) is 0 Å². The molecule has 2 nitrogen and oxygen atoms in total. The first kappa shape index (κ1) is 23.6. The van der Waals surface area contributed by atoms with Crippen LogP contribution in [0.3, 0.4) is 0 Å². The number of fused-ring (bicyclic) bond motifs is 5. The zero-order chi connectivity index (χ0) is 22.4. The second kappa shape index (κ2) is 9.02. The zero-order valence-electron chi connectivity index (χ0n) is 21.4. The lowest BCUT2D eigenvalue weighted by Crippen LogP contribution is -2.56. The molecule has 4 aliphatic carbocycles. The van der Waals surface area contributed by atoms with Gasteiger partial charge in [0.1, 0.15) is 6.10 Å². The Morgan fingerprint density at radius 2 is 1.58 bits per heavy atom. The number of hydrogen-bond donors (Lipinski definition) is 0. The standard InChI is InChI=1S/C29H50O2/c1-19(2)9-7-10-20(3)23-14-15-24-22-12-13-26-27(31-21(4)30)11-8-17-28(26,5)25(22)16-18-29(23,24)6/h19-20,22-27H,7-18H2,1-6H3. The SMILES string of the molecule is CC(=O)OC1CCCC2(C)C1CCC1C3CCC(C(C)CCCC(C)C)C3(C)CCC12. The van der Waals surface area contributed by atoms with Crippen LogP contribution < -0.4 is 0 Å². The fourth-order valence-electron chi connectivity index (χ4n) is 9.73. The maximum absolute atomic E-state index is 11.8. The van der Waals surface area contributed by atoms with Gasteiger partial charge in [0.25, 0.3) is 0 Å². The molecule has 178 valence electrons. The largest absolute Gasteiger partial charge is 0.462 e. The molecule has 31 heavy (non-hydrogen) atoms. The van der Waals surface area contributed by atoms with Gasteiger partial charge in [-0.15, -0.1) is 0 Å². The monoisotopic (exact) mass is 430 g/mol. The van der Waals surface area contributed by atoms with Crippen LogP contribution in [0, 0.1) is 52.3 Å². The van der Waals surface area contributed by atoms with Gasteiger partial charge in [-0.25, -0.2) is 0 Å². The maximum Gasteiger partial charge on any atom is 0.302 e. The molecular weight excluding hydrogens is 380 g/mol. The van der Waals surface area contributed by atoms with E-state index >= 15 is 0 Å². The summed E-state index contributed by atoms with van der Waals surface area (Å²) in [5.41, 5.74) is 0.967. The molecule has 4 saturated carbocycles. The van der Waals surface area contributed by atoms with Crippen molar-refractivity contribution in [1.82, 2.24) is 0 Å². The van der Waals surface area contributed by atoms with Crippen molar-refractivity contribution in [3.63, 3.8) is 0 Å². The van der Waals surface area contributed by atoms with E-state index in [9.17, 15) is 4.79 Å². The first-order valence-electron chi connectivity index (χ1n) is 13.8. The van der Waals surface area contributed by atoms with E-state index in [0.717, 1.165) is 41.9 Å². The summed E-state index contributed by atoms with van der Waals surface area (Å²) in [6, 6.07) is 0. The summed E-state index contributed by atoms with van der Waals surface area (Å²) in [7, 11) is 0. The summed E-state index contributed by atoms with van der Waals surface area (Å²) < 4.78 is 5.88. The second-order valence-corrected chi connectivity index (χ2v) is 13.1. The summed E-state index contributed by atoms with van der Waals surface area (Å²) in [5.74, 6) is 5.92. The highest BCUT2D eigenvalue weighted by Gasteiger charge is 2.61. The van der Waals surface area contributed by atoms with Gasteiger partial charge in [-0.1, -0.05) is 53.9 Å². The third-order valence-corrected chi connectivity index (χ3v) is 11.1. The fraction of sp³-hybridized carbons (Fsp3) is 0.966. The van der Waals surface area contributed by atoms with Crippen molar-refractivity contribution in [2.45, 2.75) is 125 Å². The van der Waals surface area contributed by atoms with E-state index in [1.807, 2.05) is 0 Å². The average Bonchev–Trinajstić information content (AvgIpc) is 3.04. The average molecular weight is 431 g/mol. The van der Waals surface area contributed by atoms with Crippen LogP contribution in [-0.4, -0.2) is 12.1 Å². The summed E-state index contributed by atoms with van der Waals surface area (Å²) in [4.78, 5) is 11.8. The van der Waals surface area contributed by atoms with Gasteiger partial charge >= 0.3 is 5.97 Å². The number of carbonyl (C=O) groups excluding carboxylic acids is 1. The molecule has 0 spiro atoms. The highest BCUT2D eigenvalue weighted by Crippen LogP contribution is 2.68. The molecule has 4 fully saturated rings. The van der Waals surface area contributed by atoms with Crippen molar-refractivity contribution in [2.75, 3.05) is 0 Å². The molecule has 0 aromatic rings. The van der Waals surface area contributed by atoms with E-state index in [-0.39, 0.29) is 12.1 Å². The second-order valence-electron chi connectivity index (χ2n) is 13.1. The van der Waals surface area contributed by atoms with Gasteiger partial charge in [0.2, 0.25) is 0 Å². The zero-order valence-corrected chi connectivity index (χ0v) is 21.4. The summed E-state index contributed by atoms with van der Waals surface area (Å²) in [5, 5.41) is 0. The van der Waals surface area contributed by atoms with Gasteiger partial charge in [0.15, 0.2) is 0 Å². The Hall–Kier alpha value is -0.530. The molecule has 0 amide bonds. The topological polar surface area (TPSA) is 26.3 Å². The maximum atomic E-state index is 11.8. The van der Waals surface area contributed by atoms with Gasteiger partial charge in [-0.2, -0.15) is 0 Å². The Labute approximate surface area is 192 Å². The molecule has 9 unspecified atom stereocenters. The minimum Gasteiger partial charge on any atom is -0.462 e. The minimum absolute atomic E-state index is 0.0716. The van der Waals surface area contributed by atoms with Crippen molar-refractivity contribution >= 4 is 5.97 Å². The lowest BCUT2D eigenvalue weighted by molar-refractivity contribution is -0.174. The Kier molecular flexibility index (Phi) is 6.87. The van der Waals surface area contributed by atoms with Gasteiger partial charge in [0, 0.05) is 12.8 Å². The van der Waals surface area contributed by atoms with Crippen molar-refractivity contribution in [1.29, 1.82) is 0 Å². The molecule has 0 saturated heterocycles. The van der Waals surface area contributed by atoms with Crippen molar-refractivity contribution in [3.8, 4) is 0 Å². The molecule has 0 radical (unpaired) electrons. The molecule has 0 N–H and O–H groups in total. The van der Waals surface area contributed by atoms with Crippen LogP contribution in [0.2, 0.25) is 0 Å². The normalized spacial score (nSPS) is 45.5. The summed E-state index contributed by atoms with van der Waals surface area (Å²) in [6.07, 6.45) is 16.6. The number of hydrogen-bond acceptors (Lipinski definition) is 2. The first-order valence-corrected chi connectivity index (χ1v) is 13.8. The van der Waals surface area contributed by atoms with Crippen molar-refractivity contribution < 1.29 is 9.53 Å². The van der Waals surface area contributed by atoms with E-state index in [2.05, 4.69) is 34.6 Å². The van der Waals surface area contributed by atoms with Gasteiger partial charge in [-0.3, -0.25) is 4.79 Å². The predicted molar refractivity (Wildman–Crippen MR) is 129 cm³/mol. The van der Waals surface area contributed by atoms with E-state index in [1.54, 1.807) is 6.92 Å². The van der Waals surface area contributed by atoms with Crippen LogP contribution in [0.25, 0.3) is 0 Å². The quantitative estimate of drug-likeness (QED) is 0.398. The first-order chi connectivity index (χ1) is 14.7. The molecule has 0 aliphatic heterocycles. The molecule has 4 aliphatic rings. The Bertz CT molecular complexity index is 641. The molecule has 0 aromatic carbocycles. The highest BCUT2D eigenvalue weighted by atomic mass is 16.5.